The van der Waals surface area contributed by atoms with E-state index in [0.29, 0.717) is 16.5 Å². The molecule has 6 heteroatoms. The third-order valence-electron chi connectivity index (χ3n) is 4.89. The summed E-state index contributed by atoms with van der Waals surface area (Å²) in [5.41, 5.74) is 2.69. The molecular formula is C20H22ClN4O+. The van der Waals surface area contributed by atoms with E-state index in [2.05, 4.69) is 25.8 Å². The molecule has 0 aliphatic carbocycles. The van der Waals surface area contributed by atoms with Crippen LogP contribution >= 0.6 is 11.6 Å². The van der Waals surface area contributed by atoms with Gasteiger partial charge in [-0.1, -0.05) is 23.7 Å². The van der Waals surface area contributed by atoms with Crippen LogP contribution in [0, 0.1) is 0 Å². The van der Waals surface area contributed by atoms with Gasteiger partial charge in [-0.15, -0.1) is 0 Å². The highest BCUT2D eigenvalue weighted by Crippen LogP contribution is 2.15. The molecule has 0 bridgehead atoms. The van der Waals surface area contributed by atoms with Crippen LogP contribution in [-0.4, -0.2) is 35.4 Å². The van der Waals surface area contributed by atoms with E-state index >= 15 is 0 Å². The van der Waals surface area contributed by atoms with Crippen LogP contribution in [0.15, 0.2) is 48.5 Å². The van der Waals surface area contributed by atoms with E-state index in [1.807, 2.05) is 18.2 Å². The van der Waals surface area contributed by atoms with Gasteiger partial charge >= 0.3 is 11.9 Å². The Morgan fingerprint density at radius 3 is 2.62 bits per heavy atom. The highest BCUT2D eigenvalue weighted by atomic mass is 35.5. The Labute approximate surface area is 157 Å². The first-order valence-corrected chi connectivity index (χ1v) is 9.38. The maximum absolute atomic E-state index is 12.6. The van der Waals surface area contributed by atoms with Crippen molar-refractivity contribution in [1.82, 2.24) is 9.88 Å². The van der Waals surface area contributed by atoms with Crippen molar-refractivity contribution in [2.24, 2.45) is 0 Å². The van der Waals surface area contributed by atoms with Crippen molar-refractivity contribution in [3.63, 3.8) is 0 Å². The molecule has 2 N–H and O–H groups in total. The van der Waals surface area contributed by atoms with Crippen molar-refractivity contribution < 1.29 is 9.36 Å². The first kappa shape index (κ1) is 17.1. The number of hydrogen-bond donors (Lipinski definition) is 2. The number of halogens is 1. The number of rotatable bonds is 5. The lowest BCUT2D eigenvalue weighted by atomic mass is 10.2. The van der Waals surface area contributed by atoms with Crippen molar-refractivity contribution in [2.75, 3.05) is 25.0 Å². The average molecular weight is 370 g/mol. The van der Waals surface area contributed by atoms with Gasteiger partial charge in [0.05, 0.1) is 12.1 Å². The number of imidazole rings is 1. The van der Waals surface area contributed by atoms with Crippen LogP contribution in [0.25, 0.3) is 11.0 Å². The number of carbonyl (C=O) groups excluding carboxylic acids is 1. The number of nitrogens with one attached hydrogen (secondary N) is 2. The fourth-order valence-electron chi connectivity index (χ4n) is 3.49. The minimum atomic E-state index is -0.150. The van der Waals surface area contributed by atoms with Gasteiger partial charge in [-0.05, 0) is 62.3 Å². The molecular weight excluding hydrogens is 348 g/mol. The molecule has 1 aliphatic heterocycles. The second-order valence-corrected chi connectivity index (χ2v) is 7.09. The number of hydrogen-bond acceptors (Lipinski definition) is 2. The van der Waals surface area contributed by atoms with Gasteiger partial charge in [-0.2, -0.15) is 0 Å². The van der Waals surface area contributed by atoms with Crippen LogP contribution in [-0.2, 0) is 6.54 Å². The lowest BCUT2D eigenvalue weighted by Gasteiger charge is -2.13. The van der Waals surface area contributed by atoms with Crippen molar-refractivity contribution in [2.45, 2.75) is 19.4 Å². The predicted molar refractivity (Wildman–Crippen MR) is 104 cm³/mol. The van der Waals surface area contributed by atoms with Crippen LogP contribution in [0.4, 0.5) is 5.95 Å². The molecule has 1 saturated heterocycles. The fraction of sp³-hybridized carbons (Fsp3) is 0.300. The smallest absolute Gasteiger partial charge is 0.300 e. The number of benzene rings is 2. The quantitative estimate of drug-likeness (QED) is 0.677. The summed E-state index contributed by atoms with van der Waals surface area (Å²) in [5, 5.41) is 3.64. The zero-order valence-electron chi connectivity index (χ0n) is 14.5. The third-order valence-corrected chi connectivity index (χ3v) is 5.15. The van der Waals surface area contributed by atoms with Gasteiger partial charge in [0.25, 0.3) is 0 Å². The Morgan fingerprint density at radius 2 is 1.85 bits per heavy atom. The molecule has 26 heavy (non-hydrogen) atoms. The van der Waals surface area contributed by atoms with E-state index in [4.69, 9.17) is 11.6 Å². The molecule has 1 amide bonds. The Balaban J connectivity index is 1.59. The van der Waals surface area contributed by atoms with E-state index in [1.54, 1.807) is 24.3 Å². The highest BCUT2D eigenvalue weighted by Gasteiger charge is 2.22. The average Bonchev–Trinajstić information content (AvgIpc) is 3.28. The zero-order valence-corrected chi connectivity index (χ0v) is 15.3. The number of fused-ring (bicyclic) bond motifs is 1. The van der Waals surface area contributed by atoms with Crippen LogP contribution in [0.2, 0.25) is 5.02 Å². The molecule has 0 atom stereocenters. The number of aromatic nitrogens is 2. The first-order chi connectivity index (χ1) is 12.7. The Morgan fingerprint density at radius 1 is 1.12 bits per heavy atom. The molecule has 0 unspecified atom stereocenters. The van der Waals surface area contributed by atoms with Gasteiger partial charge in [0.2, 0.25) is 0 Å². The number of amides is 1. The number of anilines is 1. The largest absolute Gasteiger partial charge is 0.363 e. The lowest BCUT2D eigenvalue weighted by molar-refractivity contribution is -0.656. The molecule has 1 fully saturated rings. The molecule has 3 aromatic rings. The standard InChI is InChI=1S/C20H21ClN4O/c21-16-9-7-15(8-10-16)19(26)23-20-22-17-5-1-2-6-18(17)25(20)14-13-24-11-3-4-12-24/h1-2,5-10H,3-4,11-14H2,(H,22,23,26)/p+1. The summed E-state index contributed by atoms with van der Waals surface area (Å²) < 4.78 is 2.15. The van der Waals surface area contributed by atoms with Crippen LogP contribution in [0.3, 0.4) is 0 Å². The fourth-order valence-corrected chi connectivity index (χ4v) is 3.62. The number of carbonyl (C=O) groups is 1. The van der Waals surface area contributed by atoms with E-state index in [9.17, 15) is 4.79 Å². The molecule has 1 aromatic heterocycles. The molecule has 0 spiro atoms. The van der Waals surface area contributed by atoms with Crippen molar-refractivity contribution >= 4 is 34.5 Å². The van der Waals surface area contributed by atoms with Crippen LogP contribution in [0.5, 0.6) is 0 Å². The SMILES string of the molecule is O=C(Nc1[nH]c2ccccc2[n+]1CCN1CCCC1)c1ccc(Cl)cc1. The molecule has 0 radical (unpaired) electrons. The lowest BCUT2D eigenvalue weighted by Crippen LogP contribution is -2.42. The summed E-state index contributed by atoms with van der Waals surface area (Å²) >= 11 is 5.91. The van der Waals surface area contributed by atoms with Gasteiger partial charge in [0.15, 0.2) is 0 Å². The second kappa shape index (κ2) is 7.48. The Kier molecular flexibility index (Phi) is 4.91. The summed E-state index contributed by atoms with van der Waals surface area (Å²) in [6.45, 7) is 4.14. The Hall–Kier alpha value is -2.37. The van der Waals surface area contributed by atoms with Crippen molar-refractivity contribution in [3.8, 4) is 0 Å². The van der Waals surface area contributed by atoms with E-state index in [-0.39, 0.29) is 5.91 Å². The van der Waals surface area contributed by atoms with Crippen LogP contribution in [0.1, 0.15) is 23.2 Å². The number of H-pyrrole nitrogens is 1. The first-order valence-electron chi connectivity index (χ1n) is 9.00. The van der Waals surface area contributed by atoms with E-state index < -0.39 is 0 Å². The zero-order chi connectivity index (χ0) is 17.9. The summed E-state index contributed by atoms with van der Waals surface area (Å²) in [4.78, 5) is 18.4. The number of para-hydroxylation sites is 2. The van der Waals surface area contributed by atoms with Gasteiger partial charge in [0.1, 0.15) is 11.0 Å². The molecule has 1 aliphatic rings. The monoisotopic (exact) mass is 369 g/mol. The van der Waals surface area contributed by atoms with Crippen molar-refractivity contribution in [3.05, 3.63) is 59.1 Å². The highest BCUT2D eigenvalue weighted by molar-refractivity contribution is 6.30. The van der Waals surface area contributed by atoms with E-state index in [1.165, 1.54) is 12.8 Å². The number of aromatic amines is 1. The summed E-state index contributed by atoms with van der Waals surface area (Å²) in [7, 11) is 0. The third kappa shape index (κ3) is 3.59. The maximum atomic E-state index is 12.6. The molecule has 134 valence electrons. The maximum Gasteiger partial charge on any atom is 0.363 e. The minimum Gasteiger partial charge on any atom is -0.300 e. The van der Waals surface area contributed by atoms with Crippen LogP contribution < -0.4 is 9.88 Å². The van der Waals surface area contributed by atoms with E-state index in [0.717, 1.165) is 37.2 Å². The topological polar surface area (TPSA) is 52.0 Å². The van der Waals surface area contributed by atoms with Crippen molar-refractivity contribution in [1.29, 1.82) is 0 Å². The molecule has 2 aromatic carbocycles. The summed E-state index contributed by atoms with van der Waals surface area (Å²) in [5.74, 6) is 0.563. The van der Waals surface area contributed by atoms with Gasteiger partial charge in [-0.25, -0.2) is 14.9 Å². The normalized spacial score (nSPS) is 14.8. The molecule has 4 rings (SSSR count). The van der Waals surface area contributed by atoms with Gasteiger partial charge < -0.3 is 4.90 Å². The summed E-state index contributed by atoms with van der Waals surface area (Å²) in [6, 6.07) is 15.0. The Bertz CT molecular complexity index is 913. The second-order valence-electron chi connectivity index (χ2n) is 6.65. The van der Waals surface area contributed by atoms with Gasteiger partial charge in [-0.3, -0.25) is 4.79 Å². The predicted octanol–water partition coefficient (Wildman–Crippen LogP) is 3.46. The number of nitrogens with zero attached hydrogens (tertiary/aromatic N) is 2. The molecule has 5 nitrogen and oxygen atoms in total. The van der Waals surface area contributed by atoms with Gasteiger partial charge in [0, 0.05) is 11.6 Å². The molecule has 2 heterocycles. The molecule has 0 saturated carbocycles. The number of likely N-dealkylation sites (tertiary alicyclic amines) is 1. The summed E-state index contributed by atoms with van der Waals surface area (Å²) in [6.07, 6.45) is 2.55. The minimum absolute atomic E-state index is 0.150.